The SMILES string of the molecule is CC[C@H](C)[C@H](N)C(=O)N[C@@H](CCCCN)C(=O)N[C@H](C(=O)N[C@@H](C)C(=O)O)C(C)C. The van der Waals surface area contributed by atoms with Crippen LogP contribution < -0.4 is 27.4 Å². The van der Waals surface area contributed by atoms with Crippen LogP contribution in [0.5, 0.6) is 0 Å². The Balaban J connectivity index is 5.31. The Kier molecular flexibility index (Phi) is 12.9. The summed E-state index contributed by atoms with van der Waals surface area (Å²) in [5, 5.41) is 16.7. The predicted molar refractivity (Wildman–Crippen MR) is 114 cm³/mol. The molecule has 0 unspecified atom stereocenters. The number of carbonyl (C=O) groups excluding carboxylic acids is 3. The average Bonchev–Trinajstić information content (AvgIpc) is 2.69. The van der Waals surface area contributed by atoms with E-state index < -0.39 is 47.9 Å². The molecule has 0 aromatic heterocycles. The van der Waals surface area contributed by atoms with Gasteiger partial charge in [-0.1, -0.05) is 34.1 Å². The first-order chi connectivity index (χ1) is 14.0. The van der Waals surface area contributed by atoms with Crippen molar-refractivity contribution in [1.29, 1.82) is 0 Å². The van der Waals surface area contributed by atoms with E-state index in [9.17, 15) is 19.2 Å². The molecule has 10 nitrogen and oxygen atoms in total. The van der Waals surface area contributed by atoms with Crippen molar-refractivity contribution < 1.29 is 24.3 Å². The average molecular weight is 430 g/mol. The van der Waals surface area contributed by atoms with Gasteiger partial charge in [-0.2, -0.15) is 0 Å². The number of rotatable bonds is 14. The third kappa shape index (κ3) is 9.53. The molecule has 3 amide bonds. The molecule has 0 aliphatic heterocycles. The van der Waals surface area contributed by atoms with Gasteiger partial charge in [0.2, 0.25) is 17.7 Å². The molecule has 8 N–H and O–H groups in total. The van der Waals surface area contributed by atoms with Crippen LogP contribution in [-0.2, 0) is 19.2 Å². The number of carboxylic acid groups (broad SMARTS) is 1. The highest BCUT2D eigenvalue weighted by atomic mass is 16.4. The molecule has 30 heavy (non-hydrogen) atoms. The number of hydrogen-bond donors (Lipinski definition) is 6. The van der Waals surface area contributed by atoms with Crippen LogP contribution in [0.15, 0.2) is 0 Å². The fraction of sp³-hybridized carbons (Fsp3) is 0.800. The smallest absolute Gasteiger partial charge is 0.325 e. The third-order valence-corrected chi connectivity index (χ3v) is 5.12. The van der Waals surface area contributed by atoms with Gasteiger partial charge in [0, 0.05) is 0 Å². The monoisotopic (exact) mass is 429 g/mol. The van der Waals surface area contributed by atoms with Gasteiger partial charge in [-0.25, -0.2) is 0 Å². The molecule has 10 heteroatoms. The zero-order valence-corrected chi connectivity index (χ0v) is 18.7. The van der Waals surface area contributed by atoms with Crippen LogP contribution in [0.25, 0.3) is 0 Å². The van der Waals surface area contributed by atoms with Crippen LogP contribution in [-0.4, -0.2) is 59.5 Å². The van der Waals surface area contributed by atoms with Crippen molar-refractivity contribution in [2.45, 2.75) is 84.5 Å². The molecule has 0 saturated heterocycles. The van der Waals surface area contributed by atoms with Gasteiger partial charge < -0.3 is 32.5 Å². The Morgan fingerprint density at radius 2 is 1.50 bits per heavy atom. The van der Waals surface area contributed by atoms with E-state index in [2.05, 4.69) is 16.0 Å². The van der Waals surface area contributed by atoms with Crippen LogP contribution in [0.4, 0.5) is 0 Å². The number of nitrogens with two attached hydrogens (primary N) is 2. The summed E-state index contributed by atoms with van der Waals surface area (Å²) in [7, 11) is 0. The van der Waals surface area contributed by atoms with E-state index in [1.165, 1.54) is 6.92 Å². The Hall–Kier alpha value is -2.20. The summed E-state index contributed by atoms with van der Waals surface area (Å²) in [5.41, 5.74) is 11.5. The maximum atomic E-state index is 12.9. The molecule has 0 aliphatic rings. The lowest BCUT2D eigenvalue weighted by Gasteiger charge is -2.27. The van der Waals surface area contributed by atoms with E-state index in [0.29, 0.717) is 25.8 Å². The van der Waals surface area contributed by atoms with Crippen LogP contribution in [0, 0.1) is 11.8 Å². The van der Waals surface area contributed by atoms with Gasteiger partial charge in [-0.3, -0.25) is 19.2 Å². The maximum Gasteiger partial charge on any atom is 0.325 e. The summed E-state index contributed by atoms with van der Waals surface area (Å²) in [6.45, 7) is 9.04. The number of carboxylic acids is 1. The molecule has 0 aliphatic carbocycles. The second-order valence-electron chi connectivity index (χ2n) is 8.06. The molecule has 0 heterocycles. The molecule has 174 valence electrons. The highest BCUT2D eigenvalue weighted by Crippen LogP contribution is 2.09. The first-order valence-electron chi connectivity index (χ1n) is 10.6. The molecule has 0 saturated carbocycles. The van der Waals surface area contributed by atoms with E-state index in [-0.39, 0.29) is 11.8 Å². The predicted octanol–water partition coefficient (Wildman–Crippen LogP) is -0.296. The lowest BCUT2D eigenvalue weighted by molar-refractivity contribution is -0.142. The molecule has 0 aromatic rings. The Bertz CT molecular complexity index is 584. The molecule has 0 rings (SSSR count). The van der Waals surface area contributed by atoms with Gasteiger partial charge in [0.25, 0.3) is 0 Å². The van der Waals surface area contributed by atoms with E-state index in [4.69, 9.17) is 16.6 Å². The lowest BCUT2D eigenvalue weighted by atomic mass is 9.98. The van der Waals surface area contributed by atoms with Gasteiger partial charge in [0.15, 0.2) is 0 Å². The second-order valence-corrected chi connectivity index (χ2v) is 8.06. The van der Waals surface area contributed by atoms with E-state index in [1.54, 1.807) is 13.8 Å². The van der Waals surface area contributed by atoms with Crippen molar-refractivity contribution in [1.82, 2.24) is 16.0 Å². The van der Waals surface area contributed by atoms with Crippen molar-refractivity contribution in [2.24, 2.45) is 23.3 Å². The molecule has 0 fully saturated rings. The highest BCUT2D eigenvalue weighted by Gasteiger charge is 2.31. The Labute approximate surface area is 178 Å². The van der Waals surface area contributed by atoms with Crippen LogP contribution in [0.3, 0.4) is 0 Å². The van der Waals surface area contributed by atoms with Crippen LogP contribution in [0.1, 0.15) is 60.3 Å². The summed E-state index contributed by atoms with van der Waals surface area (Å²) in [6.07, 6.45) is 2.36. The third-order valence-electron chi connectivity index (χ3n) is 5.12. The molecule has 0 aromatic carbocycles. The topological polar surface area (TPSA) is 177 Å². The molecular weight excluding hydrogens is 390 g/mol. The number of amides is 3. The summed E-state index contributed by atoms with van der Waals surface area (Å²) in [6, 6.07) is -3.66. The van der Waals surface area contributed by atoms with E-state index in [1.807, 2.05) is 13.8 Å². The molecular formula is C20H39N5O5. The van der Waals surface area contributed by atoms with Crippen molar-refractivity contribution in [2.75, 3.05) is 6.54 Å². The summed E-state index contributed by atoms with van der Waals surface area (Å²) >= 11 is 0. The minimum absolute atomic E-state index is 0.0514. The van der Waals surface area contributed by atoms with Crippen LogP contribution >= 0.6 is 0 Å². The number of nitrogens with one attached hydrogen (secondary N) is 3. The number of carbonyl (C=O) groups is 4. The standard InChI is InChI=1S/C20H39N5O5/c1-6-12(4)15(22)18(27)24-14(9-7-8-10-21)17(26)25-16(11(2)3)19(28)23-13(5)20(29)30/h11-16H,6-10,21-22H2,1-5H3,(H,23,28)(H,24,27)(H,25,26)(H,29,30)/t12-,13-,14-,15-,16-/m0/s1. The summed E-state index contributed by atoms with van der Waals surface area (Å²) < 4.78 is 0. The van der Waals surface area contributed by atoms with Crippen molar-refractivity contribution in [3.05, 3.63) is 0 Å². The Morgan fingerprint density at radius 1 is 0.900 bits per heavy atom. The second kappa shape index (κ2) is 13.9. The first-order valence-corrected chi connectivity index (χ1v) is 10.6. The minimum atomic E-state index is -1.18. The Morgan fingerprint density at radius 3 is 1.97 bits per heavy atom. The summed E-state index contributed by atoms with van der Waals surface area (Å²) in [5.74, 6) is -3.07. The quantitative estimate of drug-likeness (QED) is 0.205. The maximum absolute atomic E-state index is 12.9. The summed E-state index contributed by atoms with van der Waals surface area (Å²) in [4.78, 5) is 48.8. The van der Waals surface area contributed by atoms with Gasteiger partial charge >= 0.3 is 5.97 Å². The van der Waals surface area contributed by atoms with Gasteiger partial charge in [-0.05, 0) is 44.6 Å². The van der Waals surface area contributed by atoms with Crippen molar-refractivity contribution in [3.8, 4) is 0 Å². The number of unbranched alkanes of at least 4 members (excludes halogenated alkanes) is 1. The number of hydrogen-bond acceptors (Lipinski definition) is 6. The fourth-order valence-corrected chi connectivity index (χ4v) is 2.70. The molecule has 0 radical (unpaired) electrons. The van der Waals surface area contributed by atoms with Crippen molar-refractivity contribution in [3.63, 3.8) is 0 Å². The van der Waals surface area contributed by atoms with Gasteiger partial charge in [-0.15, -0.1) is 0 Å². The fourth-order valence-electron chi connectivity index (χ4n) is 2.70. The first kappa shape index (κ1) is 27.8. The zero-order chi connectivity index (χ0) is 23.4. The highest BCUT2D eigenvalue weighted by molar-refractivity contribution is 5.94. The van der Waals surface area contributed by atoms with E-state index in [0.717, 1.165) is 6.42 Å². The molecule has 0 bridgehead atoms. The zero-order valence-electron chi connectivity index (χ0n) is 18.7. The lowest BCUT2D eigenvalue weighted by Crippen LogP contribution is -2.58. The largest absolute Gasteiger partial charge is 0.480 e. The van der Waals surface area contributed by atoms with Crippen molar-refractivity contribution >= 4 is 23.7 Å². The van der Waals surface area contributed by atoms with E-state index >= 15 is 0 Å². The molecule has 5 atom stereocenters. The van der Waals surface area contributed by atoms with Crippen LogP contribution in [0.2, 0.25) is 0 Å². The minimum Gasteiger partial charge on any atom is -0.480 e. The van der Waals surface area contributed by atoms with Gasteiger partial charge in [0.1, 0.15) is 18.1 Å². The van der Waals surface area contributed by atoms with Gasteiger partial charge in [0.05, 0.1) is 6.04 Å². The molecule has 0 spiro atoms. The number of aliphatic carboxylic acids is 1. The normalized spacial score (nSPS) is 16.1.